The zero-order valence-electron chi connectivity index (χ0n) is 17.5. The maximum atomic E-state index is 12.0. The van der Waals surface area contributed by atoms with Gasteiger partial charge in [0.25, 0.3) is 5.91 Å². The maximum Gasteiger partial charge on any atom is 0.335 e. The summed E-state index contributed by atoms with van der Waals surface area (Å²) in [4.78, 5) is 22.9. The summed E-state index contributed by atoms with van der Waals surface area (Å²) in [6.45, 7) is 6.76. The molecule has 30 heavy (non-hydrogen) atoms. The molecule has 0 unspecified atom stereocenters. The Balaban J connectivity index is 1.97. The molecule has 0 aromatic heterocycles. The molecule has 2 aromatic rings. The number of nitrogens with one attached hydrogen (secondary N) is 2. The number of amides is 1. The minimum absolute atomic E-state index is 0.107. The van der Waals surface area contributed by atoms with Crippen LogP contribution in [0.25, 0.3) is 0 Å². The Morgan fingerprint density at radius 2 is 1.73 bits per heavy atom. The molecule has 1 amide bonds. The monoisotopic (exact) mass is 478 g/mol. The van der Waals surface area contributed by atoms with E-state index in [1.165, 1.54) is 0 Å². The summed E-state index contributed by atoms with van der Waals surface area (Å²) in [5.41, 5.74) is 1.88. The Labute approximate surface area is 184 Å². The summed E-state index contributed by atoms with van der Waals surface area (Å²) >= 11 is 3.54. The molecule has 0 saturated carbocycles. The van der Waals surface area contributed by atoms with Crippen molar-refractivity contribution in [3.63, 3.8) is 0 Å². The fourth-order valence-corrected chi connectivity index (χ4v) is 3.15. The SMILES string of the molecule is COc1cc(CNCc2ccc(C(=O)O)cc2)c(Br)cc1OCC(=O)NC(C)(C)C. The molecular weight excluding hydrogens is 452 g/mol. The van der Waals surface area contributed by atoms with Crippen molar-refractivity contribution in [3.05, 3.63) is 57.6 Å². The number of carboxylic acid groups (broad SMARTS) is 1. The average Bonchev–Trinajstić information content (AvgIpc) is 2.66. The quantitative estimate of drug-likeness (QED) is 0.507. The second kappa shape index (κ2) is 10.4. The van der Waals surface area contributed by atoms with Crippen LogP contribution >= 0.6 is 15.9 Å². The smallest absolute Gasteiger partial charge is 0.335 e. The first-order valence-corrected chi connectivity index (χ1v) is 10.2. The molecule has 7 nitrogen and oxygen atoms in total. The number of hydrogen-bond donors (Lipinski definition) is 3. The van der Waals surface area contributed by atoms with Crippen LogP contribution in [0.5, 0.6) is 11.5 Å². The fourth-order valence-electron chi connectivity index (χ4n) is 2.69. The zero-order valence-corrected chi connectivity index (χ0v) is 19.1. The number of halogens is 1. The number of carbonyl (C=O) groups excluding carboxylic acids is 1. The lowest BCUT2D eigenvalue weighted by Gasteiger charge is -2.21. The van der Waals surface area contributed by atoms with E-state index in [9.17, 15) is 9.59 Å². The molecule has 0 fully saturated rings. The molecule has 0 aliphatic carbocycles. The van der Waals surface area contributed by atoms with Crippen molar-refractivity contribution >= 4 is 27.8 Å². The molecule has 0 heterocycles. The van der Waals surface area contributed by atoms with Crippen molar-refractivity contribution in [1.82, 2.24) is 10.6 Å². The highest BCUT2D eigenvalue weighted by Crippen LogP contribution is 2.33. The van der Waals surface area contributed by atoms with E-state index in [2.05, 4.69) is 26.6 Å². The molecule has 2 aromatic carbocycles. The van der Waals surface area contributed by atoms with Crippen molar-refractivity contribution in [2.24, 2.45) is 0 Å². The van der Waals surface area contributed by atoms with E-state index < -0.39 is 5.97 Å². The third-order valence-corrected chi connectivity index (χ3v) is 4.79. The lowest BCUT2D eigenvalue weighted by molar-refractivity contribution is -0.124. The molecule has 8 heteroatoms. The predicted octanol–water partition coefficient (Wildman–Crippen LogP) is 3.74. The van der Waals surface area contributed by atoms with Gasteiger partial charge in [0.15, 0.2) is 18.1 Å². The number of carboxylic acids is 1. The van der Waals surface area contributed by atoms with E-state index in [-0.39, 0.29) is 23.6 Å². The molecule has 0 saturated heterocycles. The van der Waals surface area contributed by atoms with Crippen LogP contribution in [0.2, 0.25) is 0 Å². The Kier molecular flexibility index (Phi) is 8.25. The third kappa shape index (κ3) is 7.35. The van der Waals surface area contributed by atoms with Gasteiger partial charge in [-0.1, -0.05) is 28.1 Å². The van der Waals surface area contributed by atoms with Crippen LogP contribution < -0.4 is 20.1 Å². The number of hydrogen-bond acceptors (Lipinski definition) is 5. The van der Waals surface area contributed by atoms with Gasteiger partial charge < -0.3 is 25.2 Å². The first kappa shape index (κ1) is 23.7. The summed E-state index contributed by atoms with van der Waals surface area (Å²) in [6.07, 6.45) is 0. The number of rotatable bonds is 9. The minimum atomic E-state index is -0.941. The topological polar surface area (TPSA) is 96.9 Å². The van der Waals surface area contributed by atoms with Gasteiger partial charge in [0.1, 0.15) is 0 Å². The van der Waals surface area contributed by atoms with Gasteiger partial charge in [-0.25, -0.2) is 4.79 Å². The van der Waals surface area contributed by atoms with E-state index in [4.69, 9.17) is 14.6 Å². The molecule has 2 rings (SSSR count). The predicted molar refractivity (Wildman–Crippen MR) is 118 cm³/mol. The number of aromatic carboxylic acids is 1. The maximum absolute atomic E-state index is 12.0. The molecule has 0 bridgehead atoms. The zero-order chi connectivity index (χ0) is 22.3. The van der Waals surface area contributed by atoms with Crippen LogP contribution in [0.3, 0.4) is 0 Å². The number of carbonyl (C=O) groups is 2. The highest BCUT2D eigenvalue weighted by Gasteiger charge is 2.16. The molecule has 162 valence electrons. The number of methoxy groups -OCH3 is 1. The van der Waals surface area contributed by atoms with Crippen molar-refractivity contribution in [1.29, 1.82) is 0 Å². The number of ether oxygens (including phenoxy) is 2. The van der Waals surface area contributed by atoms with E-state index in [0.29, 0.717) is 24.6 Å². The summed E-state index contributed by atoms with van der Waals surface area (Å²) in [6, 6.07) is 10.4. The Morgan fingerprint density at radius 1 is 1.07 bits per heavy atom. The van der Waals surface area contributed by atoms with Gasteiger partial charge in [-0.2, -0.15) is 0 Å². The van der Waals surface area contributed by atoms with Crippen LogP contribution in [0.1, 0.15) is 42.3 Å². The molecule has 0 radical (unpaired) electrons. The van der Waals surface area contributed by atoms with Gasteiger partial charge in [-0.05, 0) is 56.2 Å². The second-order valence-electron chi connectivity index (χ2n) is 7.79. The molecule has 0 atom stereocenters. The minimum Gasteiger partial charge on any atom is -0.493 e. The molecule has 0 aliphatic heterocycles. The first-order chi connectivity index (χ1) is 14.1. The summed E-state index contributed by atoms with van der Waals surface area (Å²) < 4.78 is 11.9. The third-order valence-electron chi connectivity index (χ3n) is 4.05. The summed E-state index contributed by atoms with van der Waals surface area (Å²) in [5.74, 6) is -0.144. The van der Waals surface area contributed by atoms with E-state index in [1.54, 1.807) is 37.4 Å². The van der Waals surface area contributed by atoms with E-state index >= 15 is 0 Å². The lowest BCUT2D eigenvalue weighted by atomic mass is 10.1. The molecule has 3 N–H and O–H groups in total. The Bertz CT molecular complexity index is 892. The van der Waals surface area contributed by atoms with Gasteiger partial charge >= 0.3 is 5.97 Å². The van der Waals surface area contributed by atoms with Crippen LogP contribution in [0, 0.1) is 0 Å². The standard InChI is InChI=1S/C22H27BrN2O5/c1-22(2,3)25-20(26)13-30-19-10-17(23)16(9-18(19)29-4)12-24-11-14-5-7-15(8-6-14)21(27)28/h5-10,24H,11-13H2,1-4H3,(H,25,26)(H,27,28). The van der Waals surface area contributed by atoms with Gasteiger partial charge in [0, 0.05) is 23.1 Å². The first-order valence-electron chi connectivity index (χ1n) is 9.42. The van der Waals surface area contributed by atoms with E-state index in [0.717, 1.165) is 15.6 Å². The Morgan fingerprint density at radius 3 is 2.30 bits per heavy atom. The highest BCUT2D eigenvalue weighted by molar-refractivity contribution is 9.10. The van der Waals surface area contributed by atoms with Crippen LogP contribution in [-0.2, 0) is 17.9 Å². The van der Waals surface area contributed by atoms with Gasteiger partial charge in [-0.3, -0.25) is 4.79 Å². The van der Waals surface area contributed by atoms with Gasteiger partial charge in [0.05, 0.1) is 12.7 Å². The van der Waals surface area contributed by atoms with Crippen molar-refractivity contribution in [2.45, 2.75) is 39.4 Å². The summed E-state index contributed by atoms with van der Waals surface area (Å²) in [7, 11) is 1.55. The van der Waals surface area contributed by atoms with Crippen molar-refractivity contribution < 1.29 is 24.2 Å². The largest absolute Gasteiger partial charge is 0.493 e. The molecule has 0 aliphatic rings. The molecular formula is C22H27BrN2O5. The lowest BCUT2D eigenvalue weighted by Crippen LogP contribution is -2.43. The van der Waals surface area contributed by atoms with Gasteiger partial charge in [0.2, 0.25) is 0 Å². The highest BCUT2D eigenvalue weighted by atomic mass is 79.9. The van der Waals surface area contributed by atoms with Crippen molar-refractivity contribution in [3.8, 4) is 11.5 Å². The van der Waals surface area contributed by atoms with Crippen molar-refractivity contribution in [2.75, 3.05) is 13.7 Å². The second-order valence-corrected chi connectivity index (χ2v) is 8.64. The average molecular weight is 479 g/mol. The molecule has 0 spiro atoms. The normalized spacial score (nSPS) is 11.1. The van der Waals surface area contributed by atoms with Crippen LogP contribution in [0.15, 0.2) is 40.9 Å². The fraction of sp³-hybridized carbons (Fsp3) is 0.364. The Hall–Kier alpha value is -2.58. The number of benzene rings is 2. The van der Waals surface area contributed by atoms with Gasteiger partial charge in [-0.15, -0.1) is 0 Å². The van der Waals surface area contributed by atoms with E-state index in [1.807, 2.05) is 26.8 Å². The summed E-state index contributed by atoms with van der Waals surface area (Å²) in [5, 5.41) is 15.1. The van der Waals surface area contributed by atoms with Crippen LogP contribution in [-0.4, -0.2) is 36.2 Å². The van der Waals surface area contributed by atoms with Crippen LogP contribution in [0.4, 0.5) is 0 Å².